The van der Waals surface area contributed by atoms with Crippen LogP contribution in [0.15, 0.2) is 16.6 Å². The second-order valence-corrected chi connectivity index (χ2v) is 10.7. The maximum atomic E-state index is 13.3. The molecule has 0 fully saturated rings. The van der Waals surface area contributed by atoms with Crippen LogP contribution in [0.25, 0.3) is 0 Å². The van der Waals surface area contributed by atoms with Gasteiger partial charge in [-0.2, -0.15) is 0 Å². The Bertz CT molecular complexity index is 649. The highest BCUT2D eigenvalue weighted by molar-refractivity contribution is 9.10. The Labute approximate surface area is 185 Å². The van der Waals surface area contributed by atoms with E-state index in [-0.39, 0.29) is 18.4 Å². The topological polar surface area (TPSA) is 54.0 Å². The summed E-state index contributed by atoms with van der Waals surface area (Å²) in [5, 5.41) is 0. The van der Waals surface area contributed by atoms with Gasteiger partial charge in [0.2, 0.25) is 0 Å². The summed E-state index contributed by atoms with van der Waals surface area (Å²) in [5.41, 5.74) is 0.747. The minimum absolute atomic E-state index is 0.128. The maximum absolute atomic E-state index is 13.3. The third-order valence-electron chi connectivity index (χ3n) is 4.46. The number of ether oxygens (including phenoxy) is 2. The van der Waals surface area contributed by atoms with E-state index < -0.39 is 7.60 Å². The molecule has 1 unspecified atom stereocenters. The molecule has 0 heterocycles. The van der Waals surface area contributed by atoms with Crippen molar-refractivity contribution in [1.82, 2.24) is 0 Å². The molecule has 0 aliphatic rings. The first-order valence-electron chi connectivity index (χ1n) is 10.6. The third kappa shape index (κ3) is 9.42. The Balaban J connectivity index is 3.09. The lowest BCUT2D eigenvalue weighted by Gasteiger charge is -2.24. The number of benzene rings is 1. The van der Waals surface area contributed by atoms with Gasteiger partial charge in [-0.05, 0) is 68.1 Å². The summed E-state index contributed by atoms with van der Waals surface area (Å²) < 4.78 is 37.2. The van der Waals surface area contributed by atoms with Gasteiger partial charge in [-0.25, -0.2) is 0 Å². The predicted molar refractivity (Wildman–Crippen MR) is 123 cm³/mol. The molecule has 0 N–H and O–H groups in total. The number of hydrogen-bond acceptors (Lipinski definition) is 5. The summed E-state index contributed by atoms with van der Waals surface area (Å²) in [7, 11) is -1.74. The monoisotopic (exact) mass is 492 g/mol. The summed E-state index contributed by atoms with van der Waals surface area (Å²) in [6.07, 6.45) is 4.35. The average molecular weight is 493 g/mol. The van der Waals surface area contributed by atoms with Crippen LogP contribution in [0.3, 0.4) is 0 Å². The SMILES string of the molecule is CCCCC(CC)COc1cc(CP(=O)(OC(C)C)OC(C)C)c(OC)cc1Br. The molecule has 1 aromatic rings. The second kappa shape index (κ2) is 13.0. The average Bonchev–Trinajstić information content (AvgIpc) is 2.62. The number of unbranched alkanes of at least 4 members (excludes halogenated alkanes) is 1. The molecule has 7 heteroatoms. The normalized spacial score (nSPS) is 13.2. The van der Waals surface area contributed by atoms with E-state index in [0.29, 0.717) is 18.3 Å². The van der Waals surface area contributed by atoms with Crippen molar-refractivity contribution in [2.45, 2.75) is 85.6 Å². The lowest BCUT2D eigenvalue weighted by atomic mass is 10.0. The van der Waals surface area contributed by atoms with Gasteiger partial charge in [0, 0.05) is 5.56 Å². The number of hydrogen-bond donors (Lipinski definition) is 0. The Morgan fingerprint density at radius 1 is 1.03 bits per heavy atom. The Hall–Kier alpha value is -0.550. The van der Waals surface area contributed by atoms with E-state index in [1.165, 1.54) is 12.8 Å². The molecule has 1 rings (SSSR count). The molecule has 0 saturated carbocycles. The minimum atomic E-state index is -3.34. The van der Waals surface area contributed by atoms with Gasteiger partial charge in [-0.1, -0.05) is 33.1 Å². The molecule has 0 aromatic heterocycles. The van der Waals surface area contributed by atoms with Gasteiger partial charge in [0.05, 0.1) is 36.6 Å². The molecule has 0 bridgehead atoms. The quantitative estimate of drug-likeness (QED) is 0.250. The number of halogens is 1. The molecule has 0 spiro atoms. The van der Waals surface area contributed by atoms with Crippen LogP contribution in [0, 0.1) is 5.92 Å². The van der Waals surface area contributed by atoms with Crippen LogP contribution in [0.5, 0.6) is 11.5 Å². The van der Waals surface area contributed by atoms with Crippen LogP contribution in [0.2, 0.25) is 0 Å². The van der Waals surface area contributed by atoms with Gasteiger partial charge in [0.15, 0.2) is 0 Å². The van der Waals surface area contributed by atoms with Gasteiger partial charge in [0.25, 0.3) is 0 Å². The zero-order valence-corrected chi connectivity index (χ0v) is 21.5. The smallest absolute Gasteiger partial charge is 0.335 e. The molecule has 5 nitrogen and oxygen atoms in total. The second-order valence-electron chi connectivity index (χ2n) is 7.90. The van der Waals surface area contributed by atoms with Gasteiger partial charge >= 0.3 is 7.60 Å². The van der Waals surface area contributed by atoms with Gasteiger partial charge < -0.3 is 18.5 Å². The molecule has 0 radical (unpaired) electrons. The predicted octanol–water partition coefficient (Wildman–Crippen LogP) is 7.60. The van der Waals surface area contributed by atoms with Gasteiger partial charge in [0.1, 0.15) is 11.5 Å². The van der Waals surface area contributed by atoms with E-state index in [1.807, 2.05) is 39.8 Å². The fourth-order valence-electron chi connectivity index (χ4n) is 3.06. The zero-order valence-electron chi connectivity index (χ0n) is 19.0. The Morgan fingerprint density at radius 2 is 1.66 bits per heavy atom. The van der Waals surface area contributed by atoms with E-state index in [4.69, 9.17) is 18.5 Å². The summed E-state index contributed by atoms with van der Waals surface area (Å²) in [6.45, 7) is 12.5. The van der Waals surface area contributed by atoms with Crippen LogP contribution >= 0.6 is 23.5 Å². The first-order chi connectivity index (χ1) is 13.6. The van der Waals surface area contributed by atoms with Crippen molar-refractivity contribution < 1.29 is 23.1 Å². The molecular formula is C22H38BrO5P. The van der Waals surface area contributed by atoms with Crippen LogP contribution in [-0.2, 0) is 19.8 Å². The first-order valence-corrected chi connectivity index (χ1v) is 13.1. The van der Waals surface area contributed by atoms with Gasteiger partial charge in [-0.15, -0.1) is 0 Å². The number of rotatable bonds is 14. The summed E-state index contributed by atoms with van der Waals surface area (Å²) >= 11 is 3.57. The van der Waals surface area contributed by atoms with Crippen molar-refractivity contribution in [3.05, 3.63) is 22.2 Å². The minimum Gasteiger partial charge on any atom is -0.496 e. The molecular weight excluding hydrogens is 455 g/mol. The first kappa shape index (κ1) is 26.5. The fraction of sp³-hybridized carbons (Fsp3) is 0.727. The van der Waals surface area contributed by atoms with E-state index in [2.05, 4.69) is 29.8 Å². The molecule has 0 amide bonds. The highest BCUT2D eigenvalue weighted by Gasteiger charge is 2.30. The van der Waals surface area contributed by atoms with Gasteiger partial charge in [-0.3, -0.25) is 4.57 Å². The molecule has 1 atom stereocenters. The fourth-order valence-corrected chi connectivity index (χ4v) is 5.64. The molecule has 0 aliphatic heterocycles. The summed E-state index contributed by atoms with van der Waals surface area (Å²) in [6, 6.07) is 3.74. The summed E-state index contributed by atoms with van der Waals surface area (Å²) in [4.78, 5) is 0. The van der Waals surface area contributed by atoms with Crippen molar-refractivity contribution >= 4 is 23.5 Å². The molecule has 168 valence electrons. The lowest BCUT2D eigenvalue weighted by Crippen LogP contribution is -2.12. The summed E-state index contributed by atoms with van der Waals surface area (Å²) in [5.74, 6) is 1.87. The van der Waals surface area contributed by atoms with E-state index in [0.717, 1.165) is 28.6 Å². The van der Waals surface area contributed by atoms with Crippen molar-refractivity contribution in [3.63, 3.8) is 0 Å². The van der Waals surface area contributed by atoms with Crippen molar-refractivity contribution in [1.29, 1.82) is 0 Å². The van der Waals surface area contributed by atoms with Crippen molar-refractivity contribution in [3.8, 4) is 11.5 Å². The van der Waals surface area contributed by atoms with E-state index in [9.17, 15) is 4.57 Å². The number of methoxy groups -OCH3 is 1. The van der Waals surface area contributed by atoms with Crippen LogP contribution in [0.4, 0.5) is 0 Å². The Morgan fingerprint density at radius 3 is 2.14 bits per heavy atom. The van der Waals surface area contributed by atoms with E-state index >= 15 is 0 Å². The van der Waals surface area contributed by atoms with Crippen molar-refractivity contribution in [2.75, 3.05) is 13.7 Å². The molecule has 0 saturated heterocycles. The van der Waals surface area contributed by atoms with Crippen LogP contribution in [0.1, 0.15) is 72.8 Å². The highest BCUT2D eigenvalue weighted by atomic mass is 79.9. The molecule has 0 aliphatic carbocycles. The van der Waals surface area contributed by atoms with Crippen molar-refractivity contribution in [2.24, 2.45) is 5.92 Å². The zero-order chi connectivity index (χ0) is 22.0. The molecule has 29 heavy (non-hydrogen) atoms. The Kier molecular flexibility index (Phi) is 11.9. The van der Waals surface area contributed by atoms with Crippen LogP contribution < -0.4 is 9.47 Å². The van der Waals surface area contributed by atoms with Crippen LogP contribution in [-0.4, -0.2) is 25.9 Å². The van der Waals surface area contributed by atoms with E-state index in [1.54, 1.807) is 7.11 Å². The lowest BCUT2D eigenvalue weighted by molar-refractivity contribution is 0.141. The highest BCUT2D eigenvalue weighted by Crippen LogP contribution is 2.55. The standard InChI is InChI=1S/C22H38BrO5P/c1-8-10-11-18(9-2)14-26-22-12-19(21(25-7)13-20(22)23)15-29(24,27-16(3)4)28-17(5)6/h12-13,16-18H,8-11,14-15H2,1-7H3. The largest absolute Gasteiger partial charge is 0.496 e. The molecule has 1 aromatic carbocycles. The third-order valence-corrected chi connectivity index (χ3v) is 7.29. The maximum Gasteiger partial charge on any atom is 0.335 e.